The molecule has 29 heavy (non-hydrogen) atoms. The first-order valence-electron chi connectivity index (χ1n) is 9.90. The number of fused-ring (bicyclic) bond motifs is 1. The van der Waals surface area contributed by atoms with Gasteiger partial charge in [-0.3, -0.25) is 4.79 Å². The summed E-state index contributed by atoms with van der Waals surface area (Å²) in [5.74, 6) is -0.982. The summed E-state index contributed by atoms with van der Waals surface area (Å²) in [7, 11) is -3.61. The van der Waals surface area contributed by atoms with E-state index in [1.165, 1.54) is 23.3 Å². The van der Waals surface area contributed by atoms with Crippen molar-refractivity contribution in [2.24, 2.45) is 5.73 Å². The van der Waals surface area contributed by atoms with Gasteiger partial charge in [0.05, 0.1) is 4.90 Å². The van der Waals surface area contributed by atoms with Gasteiger partial charge in [0.15, 0.2) is 9.84 Å². The quantitative estimate of drug-likeness (QED) is 0.782. The molecule has 2 aromatic rings. The summed E-state index contributed by atoms with van der Waals surface area (Å²) in [6.07, 6.45) is 2.17. The molecule has 0 saturated heterocycles. The van der Waals surface area contributed by atoms with Crippen LogP contribution >= 0.6 is 0 Å². The van der Waals surface area contributed by atoms with Gasteiger partial charge in [-0.05, 0) is 52.5 Å². The van der Waals surface area contributed by atoms with Crippen LogP contribution in [0.1, 0.15) is 63.3 Å². The number of carbonyl (C=O) groups is 1. The van der Waals surface area contributed by atoms with Gasteiger partial charge in [-0.15, -0.1) is 0 Å². The number of amides is 1. The van der Waals surface area contributed by atoms with E-state index in [0.717, 1.165) is 12.8 Å². The van der Waals surface area contributed by atoms with E-state index in [0.29, 0.717) is 5.56 Å². The third-order valence-electron chi connectivity index (χ3n) is 6.06. The van der Waals surface area contributed by atoms with Crippen molar-refractivity contribution < 1.29 is 13.2 Å². The molecule has 3 rings (SSSR count). The highest BCUT2D eigenvalue weighted by Gasteiger charge is 2.37. The number of nitrogens with one attached hydrogen (secondary N) is 1. The van der Waals surface area contributed by atoms with E-state index < -0.39 is 27.7 Å². The molecule has 2 aromatic carbocycles. The topological polar surface area (TPSA) is 89.3 Å². The second kappa shape index (κ2) is 7.58. The second-order valence-corrected chi connectivity index (χ2v) is 11.2. The van der Waals surface area contributed by atoms with Gasteiger partial charge < -0.3 is 11.1 Å². The molecule has 0 radical (unpaired) electrons. The van der Waals surface area contributed by atoms with Crippen molar-refractivity contribution >= 4 is 15.7 Å². The number of sulfone groups is 1. The molecule has 1 unspecified atom stereocenters. The average Bonchev–Trinajstić information content (AvgIpc) is 2.69. The Bertz CT molecular complexity index is 1010. The van der Waals surface area contributed by atoms with Gasteiger partial charge in [-0.2, -0.15) is 0 Å². The van der Waals surface area contributed by atoms with Crippen LogP contribution < -0.4 is 11.1 Å². The molecule has 1 aliphatic rings. The summed E-state index contributed by atoms with van der Waals surface area (Å²) in [6.45, 7) is 8.90. The molecule has 0 aliphatic heterocycles. The van der Waals surface area contributed by atoms with Gasteiger partial charge in [0.2, 0.25) is 5.91 Å². The number of rotatable bonds is 5. The number of nitrogens with two attached hydrogens (primary N) is 1. The summed E-state index contributed by atoms with van der Waals surface area (Å²) < 4.78 is 24.8. The van der Waals surface area contributed by atoms with Gasteiger partial charge in [-0.1, -0.05) is 64.1 Å². The molecule has 0 saturated carbocycles. The zero-order chi connectivity index (χ0) is 21.4. The summed E-state index contributed by atoms with van der Waals surface area (Å²) in [4.78, 5) is 12.8. The molecule has 6 heteroatoms. The van der Waals surface area contributed by atoms with Crippen molar-refractivity contribution in [1.29, 1.82) is 0 Å². The lowest BCUT2D eigenvalue weighted by Gasteiger charge is -2.42. The van der Waals surface area contributed by atoms with Crippen LogP contribution in [-0.2, 0) is 25.5 Å². The standard InChI is InChI=1S/C23H30N2O3S/c1-22(2)12-13-23(3,4)19-14-16(10-11-18(19)22)20(24)21(26)25-15-29(27,28)17-8-6-5-7-9-17/h5-11,14,20H,12-13,15,24H2,1-4H3,(H,25,26). The number of hydrogen-bond acceptors (Lipinski definition) is 4. The average molecular weight is 415 g/mol. The van der Waals surface area contributed by atoms with Crippen LogP contribution in [0.5, 0.6) is 0 Å². The van der Waals surface area contributed by atoms with Crippen LogP contribution in [-0.4, -0.2) is 20.2 Å². The van der Waals surface area contributed by atoms with Crippen LogP contribution in [0.2, 0.25) is 0 Å². The highest BCUT2D eigenvalue weighted by molar-refractivity contribution is 7.91. The van der Waals surface area contributed by atoms with Crippen LogP contribution in [0.15, 0.2) is 53.4 Å². The van der Waals surface area contributed by atoms with E-state index in [1.54, 1.807) is 18.2 Å². The Morgan fingerprint density at radius 2 is 1.59 bits per heavy atom. The maximum Gasteiger partial charge on any atom is 0.242 e. The van der Waals surface area contributed by atoms with Gasteiger partial charge in [0, 0.05) is 0 Å². The molecule has 0 fully saturated rings. The normalized spacial score (nSPS) is 18.5. The van der Waals surface area contributed by atoms with Gasteiger partial charge in [-0.25, -0.2) is 8.42 Å². The predicted molar refractivity (Wildman–Crippen MR) is 115 cm³/mol. The Hall–Kier alpha value is -2.18. The fourth-order valence-electron chi connectivity index (χ4n) is 3.94. The number of hydrogen-bond donors (Lipinski definition) is 2. The van der Waals surface area contributed by atoms with Crippen molar-refractivity contribution in [1.82, 2.24) is 5.32 Å². The van der Waals surface area contributed by atoms with Gasteiger partial charge in [0.1, 0.15) is 11.9 Å². The molecule has 0 spiro atoms. The first kappa shape index (κ1) is 21.5. The molecule has 1 aliphatic carbocycles. The van der Waals surface area contributed by atoms with Crippen molar-refractivity contribution in [3.05, 3.63) is 65.2 Å². The lowest BCUT2D eigenvalue weighted by atomic mass is 9.63. The molecular formula is C23H30N2O3S. The van der Waals surface area contributed by atoms with Crippen LogP contribution in [0.25, 0.3) is 0 Å². The maximum absolute atomic E-state index is 12.6. The van der Waals surface area contributed by atoms with Crippen molar-refractivity contribution in [2.45, 2.75) is 62.3 Å². The van der Waals surface area contributed by atoms with E-state index >= 15 is 0 Å². The van der Waals surface area contributed by atoms with Gasteiger partial charge in [0.25, 0.3) is 0 Å². The molecule has 0 bridgehead atoms. The third kappa shape index (κ3) is 4.38. The fourth-order valence-corrected chi connectivity index (χ4v) is 5.01. The van der Waals surface area contributed by atoms with Crippen LogP contribution in [0, 0.1) is 0 Å². The summed E-state index contributed by atoms with van der Waals surface area (Å²) in [6, 6.07) is 13.1. The Balaban J connectivity index is 1.79. The van der Waals surface area contributed by atoms with E-state index in [2.05, 4.69) is 39.1 Å². The lowest BCUT2D eigenvalue weighted by molar-refractivity contribution is -0.122. The Kier molecular flexibility index (Phi) is 5.62. The zero-order valence-corrected chi connectivity index (χ0v) is 18.3. The van der Waals surface area contributed by atoms with E-state index in [9.17, 15) is 13.2 Å². The Morgan fingerprint density at radius 3 is 2.21 bits per heavy atom. The summed E-state index contributed by atoms with van der Waals surface area (Å²) in [5.41, 5.74) is 9.48. The molecule has 3 N–H and O–H groups in total. The lowest BCUT2D eigenvalue weighted by Crippen LogP contribution is -2.38. The second-order valence-electron chi connectivity index (χ2n) is 9.16. The SMILES string of the molecule is CC1(C)CCC(C)(C)c2cc(C(N)C(=O)NCS(=O)(=O)c3ccccc3)ccc21. The molecule has 5 nitrogen and oxygen atoms in total. The predicted octanol–water partition coefficient (Wildman–Crippen LogP) is 3.58. The Labute approximate surface area is 173 Å². The van der Waals surface area contributed by atoms with Crippen molar-refractivity contribution in [3.63, 3.8) is 0 Å². The van der Waals surface area contributed by atoms with Gasteiger partial charge >= 0.3 is 0 Å². The van der Waals surface area contributed by atoms with Crippen LogP contribution in [0.3, 0.4) is 0 Å². The minimum absolute atomic E-state index is 0.00765. The molecule has 1 amide bonds. The monoisotopic (exact) mass is 414 g/mol. The molecular weight excluding hydrogens is 384 g/mol. The van der Waals surface area contributed by atoms with Crippen molar-refractivity contribution in [2.75, 3.05) is 5.88 Å². The summed E-state index contributed by atoms with van der Waals surface area (Å²) in [5, 5.41) is 2.48. The van der Waals surface area contributed by atoms with E-state index in [1.807, 2.05) is 12.1 Å². The summed E-state index contributed by atoms with van der Waals surface area (Å²) >= 11 is 0. The third-order valence-corrected chi connectivity index (χ3v) is 7.57. The fraction of sp³-hybridized carbons (Fsp3) is 0.435. The minimum Gasteiger partial charge on any atom is -0.340 e. The largest absolute Gasteiger partial charge is 0.340 e. The number of benzene rings is 2. The zero-order valence-electron chi connectivity index (χ0n) is 17.5. The minimum atomic E-state index is -3.61. The van der Waals surface area contributed by atoms with E-state index in [4.69, 9.17) is 5.73 Å². The molecule has 156 valence electrons. The highest BCUT2D eigenvalue weighted by Crippen LogP contribution is 2.46. The smallest absolute Gasteiger partial charge is 0.242 e. The molecule has 0 aromatic heterocycles. The van der Waals surface area contributed by atoms with Crippen LogP contribution in [0.4, 0.5) is 0 Å². The van der Waals surface area contributed by atoms with E-state index in [-0.39, 0.29) is 15.7 Å². The maximum atomic E-state index is 12.6. The molecule has 0 heterocycles. The first-order chi connectivity index (χ1) is 13.4. The highest BCUT2D eigenvalue weighted by atomic mass is 32.2. The first-order valence-corrected chi connectivity index (χ1v) is 11.6. The Morgan fingerprint density at radius 1 is 1.00 bits per heavy atom. The molecule has 1 atom stereocenters. The number of carbonyl (C=O) groups excluding carboxylic acids is 1. The van der Waals surface area contributed by atoms with Crippen molar-refractivity contribution in [3.8, 4) is 0 Å².